The lowest BCUT2D eigenvalue weighted by Crippen LogP contribution is -2.24. The van der Waals surface area contributed by atoms with E-state index in [2.05, 4.69) is 20.7 Å². The number of nitrogens with one attached hydrogen (secondary N) is 1. The minimum Gasteiger partial charge on any atom is -0.507 e. The Labute approximate surface area is 181 Å². The maximum atomic E-state index is 12.1. The molecule has 0 aliphatic rings. The van der Waals surface area contributed by atoms with Gasteiger partial charge in [0.25, 0.3) is 0 Å². The highest BCUT2D eigenvalue weighted by Gasteiger charge is 2.13. The van der Waals surface area contributed by atoms with E-state index < -0.39 is 5.97 Å². The SMILES string of the molecule is O=C(Cn1nnc(-c2ccccc2)n1)N/C=C/c1ccc(-c2ccc(O)c(C(=O)O)c2)o1. The maximum Gasteiger partial charge on any atom is 0.339 e. The van der Waals surface area contributed by atoms with Crippen LogP contribution >= 0.6 is 0 Å². The molecule has 0 spiro atoms. The number of carbonyl (C=O) groups is 2. The largest absolute Gasteiger partial charge is 0.507 e. The molecule has 2 aromatic heterocycles. The summed E-state index contributed by atoms with van der Waals surface area (Å²) in [6.45, 7) is -0.112. The molecule has 0 saturated heterocycles. The van der Waals surface area contributed by atoms with Gasteiger partial charge in [-0.1, -0.05) is 30.3 Å². The summed E-state index contributed by atoms with van der Waals surface area (Å²) in [7, 11) is 0. The van der Waals surface area contributed by atoms with Crippen molar-refractivity contribution in [2.45, 2.75) is 6.54 Å². The van der Waals surface area contributed by atoms with Gasteiger partial charge in [-0.05, 0) is 41.6 Å². The van der Waals surface area contributed by atoms with Crippen molar-refractivity contribution in [1.29, 1.82) is 0 Å². The number of benzene rings is 2. The smallest absolute Gasteiger partial charge is 0.339 e. The van der Waals surface area contributed by atoms with E-state index in [1.54, 1.807) is 24.3 Å². The molecule has 2 heterocycles. The maximum absolute atomic E-state index is 12.1. The van der Waals surface area contributed by atoms with Crippen molar-refractivity contribution >= 4 is 18.0 Å². The molecule has 1 amide bonds. The highest BCUT2D eigenvalue weighted by atomic mass is 16.4. The van der Waals surface area contributed by atoms with Gasteiger partial charge >= 0.3 is 5.97 Å². The van der Waals surface area contributed by atoms with E-state index in [0.717, 1.165) is 5.56 Å². The average Bonchev–Trinajstić information content (AvgIpc) is 3.44. The van der Waals surface area contributed by atoms with Crippen molar-refractivity contribution < 1.29 is 24.2 Å². The first-order chi connectivity index (χ1) is 15.5. The summed E-state index contributed by atoms with van der Waals surface area (Å²) in [6.07, 6.45) is 2.96. The molecule has 0 unspecified atom stereocenters. The molecular formula is C22H17N5O5. The normalized spacial score (nSPS) is 11.0. The lowest BCUT2D eigenvalue weighted by molar-refractivity contribution is -0.121. The van der Waals surface area contributed by atoms with E-state index in [4.69, 9.17) is 9.52 Å². The predicted octanol–water partition coefficient (Wildman–Crippen LogP) is 2.79. The lowest BCUT2D eigenvalue weighted by atomic mass is 10.1. The molecule has 0 atom stereocenters. The standard InChI is InChI=1S/C22H17N5O5/c28-18-8-6-15(12-17(18)22(30)31)19-9-7-16(32-19)10-11-23-20(29)13-27-25-21(24-26-27)14-4-2-1-3-5-14/h1-12,28H,13H2,(H,23,29)(H,30,31)/b11-10+. The third-order valence-corrected chi connectivity index (χ3v) is 4.40. The number of furan rings is 1. The number of hydrogen-bond acceptors (Lipinski definition) is 7. The van der Waals surface area contributed by atoms with Crippen LogP contribution < -0.4 is 5.32 Å². The number of rotatable bonds is 7. The molecular weight excluding hydrogens is 414 g/mol. The van der Waals surface area contributed by atoms with Crippen molar-refractivity contribution in [3.63, 3.8) is 0 Å². The molecule has 2 aromatic carbocycles. The summed E-state index contributed by atoms with van der Waals surface area (Å²) < 4.78 is 5.64. The molecule has 0 bridgehead atoms. The minimum atomic E-state index is -1.24. The molecule has 0 aliphatic heterocycles. The second kappa shape index (κ2) is 8.96. The fraction of sp³-hybridized carbons (Fsp3) is 0.0455. The number of aromatic nitrogens is 4. The summed E-state index contributed by atoms with van der Waals surface area (Å²) in [4.78, 5) is 24.5. The number of aromatic hydroxyl groups is 1. The lowest BCUT2D eigenvalue weighted by Gasteiger charge is -2.02. The van der Waals surface area contributed by atoms with Gasteiger partial charge in [0.1, 0.15) is 29.4 Å². The zero-order valence-corrected chi connectivity index (χ0v) is 16.5. The predicted molar refractivity (Wildman–Crippen MR) is 113 cm³/mol. The number of carbonyl (C=O) groups excluding carboxylic acids is 1. The Morgan fingerprint density at radius 3 is 2.66 bits per heavy atom. The second-order valence-corrected chi connectivity index (χ2v) is 6.65. The Kier molecular flexibility index (Phi) is 5.75. The van der Waals surface area contributed by atoms with E-state index in [1.807, 2.05) is 30.3 Å². The van der Waals surface area contributed by atoms with Gasteiger partial charge in [0.2, 0.25) is 11.7 Å². The summed E-state index contributed by atoms with van der Waals surface area (Å²) in [5.74, 6) is -0.633. The summed E-state index contributed by atoms with van der Waals surface area (Å²) in [5.41, 5.74) is 1.08. The second-order valence-electron chi connectivity index (χ2n) is 6.65. The zero-order valence-electron chi connectivity index (χ0n) is 16.5. The van der Waals surface area contributed by atoms with Crippen LogP contribution in [-0.4, -0.2) is 42.3 Å². The van der Waals surface area contributed by atoms with Crippen molar-refractivity contribution in [2.24, 2.45) is 0 Å². The highest BCUT2D eigenvalue weighted by molar-refractivity contribution is 5.92. The van der Waals surface area contributed by atoms with Crippen molar-refractivity contribution in [2.75, 3.05) is 0 Å². The van der Waals surface area contributed by atoms with Gasteiger partial charge < -0.3 is 19.9 Å². The van der Waals surface area contributed by atoms with Crippen molar-refractivity contribution in [3.8, 4) is 28.5 Å². The molecule has 4 aromatic rings. The van der Waals surface area contributed by atoms with Gasteiger partial charge in [0, 0.05) is 17.3 Å². The zero-order chi connectivity index (χ0) is 22.5. The Morgan fingerprint density at radius 2 is 1.88 bits per heavy atom. The molecule has 10 nitrogen and oxygen atoms in total. The molecule has 0 aliphatic carbocycles. The molecule has 160 valence electrons. The highest BCUT2D eigenvalue weighted by Crippen LogP contribution is 2.27. The first-order valence-electron chi connectivity index (χ1n) is 9.45. The van der Waals surface area contributed by atoms with Crippen LogP contribution in [0.5, 0.6) is 5.75 Å². The van der Waals surface area contributed by atoms with Gasteiger partial charge in [-0.15, -0.1) is 10.2 Å². The molecule has 0 radical (unpaired) electrons. The number of carboxylic acids is 1. The number of carboxylic acid groups (broad SMARTS) is 1. The number of amides is 1. The average molecular weight is 431 g/mol. The Hall–Kier alpha value is -4.73. The van der Waals surface area contributed by atoms with Crippen LogP contribution in [0.2, 0.25) is 0 Å². The van der Waals surface area contributed by atoms with Crippen LogP contribution in [0.15, 0.2) is 71.3 Å². The quantitative estimate of drug-likeness (QED) is 0.405. The van der Waals surface area contributed by atoms with Gasteiger partial charge in [-0.3, -0.25) is 4.79 Å². The first kappa shape index (κ1) is 20.5. The van der Waals surface area contributed by atoms with E-state index in [-0.39, 0.29) is 23.8 Å². The Morgan fingerprint density at radius 1 is 1.06 bits per heavy atom. The number of hydrogen-bond donors (Lipinski definition) is 3. The van der Waals surface area contributed by atoms with Gasteiger partial charge in [0.15, 0.2) is 0 Å². The Bertz CT molecular complexity index is 1290. The van der Waals surface area contributed by atoms with Crippen molar-refractivity contribution in [1.82, 2.24) is 25.5 Å². The molecule has 0 fully saturated rings. The molecule has 3 N–H and O–H groups in total. The summed E-state index contributed by atoms with van der Waals surface area (Å²) >= 11 is 0. The van der Waals surface area contributed by atoms with Crippen LogP contribution in [0.4, 0.5) is 0 Å². The molecule has 0 saturated carbocycles. The van der Waals surface area contributed by atoms with Crippen LogP contribution in [0.25, 0.3) is 28.8 Å². The number of tetrazole rings is 1. The van der Waals surface area contributed by atoms with E-state index in [1.165, 1.54) is 23.1 Å². The van der Waals surface area contributed by atoms with E-state index in [9.17, 15) is 14.7 Å². The van der Waals surface area contributed by atoms with Crippen LogP contribution in [0.3, 0.4) is 0 Å². The monoisotopic (exact) mass is 431 g/mol. The van der Waals surface area contributed by atoms with Crippen LogP contribution in [0, 0.1) is 0 Å². The van der Waals surface area contributed by atoms with E-state index >= 15 is 0 Å². The third-order valence-electron chi connectivity index (χ3n) is 4.40. The van der Waals surface area contributed by atoms with Crippen LogP contribution in [-0.2, 0) is 11.3 Å². The molecule has 32 heavy (non-hydrogen) atoms. The number of phenols is 1. The van der Waals surface area contributed by atoms with Gasteiger partial charge in [0.05, 0.1) is 0 Å². The fourth-order valence-corrected chi connectivity index (χ4v) is 2.86. The first-order valence-corrected chi connectivity index (χ1v) is 9.45. The van der Waals surface area contributed by atoms with Crippen molar-refractivity contribution in [3.05, 3.63) is 78.2 Å². The summed E-state index contributed by atoms with van der Waals surface area (Å²) in [5, 5.41) is 33.3. The number of nitrogens with zero attached hydrogens (tertiary/aromatic N) is 4. The topological polar surface area (TPSA) is 143 Å². The minimum absolute atomic E-state index is 0.112. The van der Waals surface area contributed by atoms with Crippen LogP contribution in [0.1, 0.15) is 16.1 Å². The molecule has 10 heteroatoms. The Balaban J connectivity index is 1.35. The van der Waals surface area contributed by atoms with E-state index in [0.29, 0.717) is 22.9 Å². The number of aromatic carboxylic acids is 1. The third kappa shape index (κ3) is 4.70. The molecule has 4 rings (SSSR count). The van der Waals surface area contributed by atoms with Gasteiger partial charge in [-0.25, -0.2) is 4.79 Å². The summed E-state index contributed by atoms with van der Waals surface area (Å²) in [6, 6.07) is 16.8. The fourth-order valence-electron chi connectivity index (χ4n) is 2.86. The van der Waals surface area contributed by atoms with Gasteiger partial charge in [-0.2, -0.15) is 4.80 Å².